The lowest BCUT2D eigenvalue weighted by Crippen LogP contribution is -2.01. The second kappa shape index (κ2) is 4.67. The number of carbonyl (C=O) groups is 1. The van der Waals surface area contributed by atoms with E-state index in [1.165, 1.54) is 6.92 Å². The maximum atomic E-state index is 10.7. The topological polar surface area (TPSA) is 26.3 Å². The van der Waals surface area contributed by atoms with Crippen LogP contribution >= 0.6 is 27.7 Å². The van der Waals surface area contributed by atoms with E-state index < -0.39 is 0 Å². The highest BCUT2D eigenvalue weighted by atomic mass is 79.9. The van der Waals surface area contributed by atoms with Crippen molar-refractivity contribution in [3.05, 3.63) is 22.7 Å². The third kappa shape index (κ3) is 3.04. The van der Waals surface area contributed by atoms with Crippen molar-refractivity contribution in [2.24, 2.45) is 0 Å². The highest BCUT2D eigenvalue weighted by Crippen LogP contribution is 2.29. The SMILES string of the molecule is CSc1ccc(Br)c(OC(C)=O)c1. The van der Waals surface area contributed by atoms with Crippen molar-refractivity contribution < 1.29 is 9.53 Å². The monoisotopic (exact) mass is 260 g/mol. The lowest BCUT2D eigenvalue weighted by atomic mass is 10.3. The van der Waals surface area contributed by atoms with Gasteiger partial charge in [0.05, 0.1) is 4.47 Å². The minimum Gasteiger partial charge on any atom is -0.425 e. The molecule has 0 atom stereocenters. The lowest BCUT2D eigenvalue weighted by molar-refractivity contribution is -0.131. The maximum Gasteiger partial charge on any atom is 0.308 e. The Kier molecular flexibility index (Phi) is 3.81. The normalized spacial score (nSPS) is 9.77. The van der Waals surface area contributed by atoms with Crippen molar-refractivity contribution in [2.75, 3.05) is 6.26 Å². The number of hydrogen-bond acceptors (Lipinski definition) is 3. The Morgan fingerprint density at radius 1 is 1.54 bits per heavy atom. The van der Waals surface area contributed by atoms with Crippen LogP contribution in [0.2, 0.25) is 0 Å². The van der Waals surface area contributed by atoms with E-state index in [9.17, 15) is 4.79 Å². The second-order valence-electron chi connectivity index (χ2n) is 2.39. The summed E-state index contributed by atoms with van der Waals surface area (Å²) in [5.41, 5.74) is 0. The molecule has 0 saturated carbocycles. The summed E-state index contributed by atoms with van der Waals surface area (Å²) < 4.78 is 5.78. The van der Waals surface area contributed by atoms with Crippen LogP contribution in [-0.2, 0) is 4.79 Å². The Labute approximate surface area is 89.8 Å². The van der Waals surface area contributed by atoms with Gasteiger partial charge in [-0.25, -0.2) is 0 Å². The fourth-order valence-electron chi connectivity index (χ4n) is 0.844. The quantitative estimate of drug-likeness (QED) is 0.465. The number of esters is 1. The van der Waals surface area contributed by atoms with E-state index in [0.29, 0.717) is 5.75 Å². The maximum absolute atomic E-state index is 10.7. The molecule has 1 aromatic rings. The molecule has 1 aromatic carbocycles. The minimum absolute atomic E-state index is 0.307. The van der Waals surface area contributed by atoms with Gasteiger partial charge in [0.1, 0.15) is 5.75 Å². The van der Waals surface area contributed by atoms with Crippen LogP contribution in [-0.4, -0.2) is 12.2 Å². The van der Waals surface area contributed by atoms with Gasteiger partial charge in [-0.1, -0.05) is 0 Å². The predicted molar refractivity (Wildman–Crippen MR) is 57.2 cm³/mol. The average Bonchev–Trinajstić information content (AvgIpc) is 2.08. The van der Waals surface area contributed by atoms with Crippen molar-refractivity contribution in [2.45, 2.75) is 11.8 Å². The Morgan fingerprint density at radius 3 is 2.77 bits per heavy atom. The van der Waals surface area contributed by atoms with E-state index in [1.54, 1.807) is 11.8 Å². The second-order valence-corrected chi connectivity index (χ2v) is 4.12. The van der Waals surface area contributed by atoms with E-state index in [4.69, 9.17) is 4.74 Å². The van der Waals surface area contributed by atoms with E-state index in [-0.39, 0.29) is 5.97 Å². The highest BCUT2D eigenvalue weighted by Gasteiger charge is 2.04. The zero-order valence-corrected chi connectivity index (χ0v) is 9.74. The number of thioether (sulfide) groups is 1. The third-order valence-corrected chi connectivity index (χ3v) is 2.77. The van der Waals surface area contributed by atoms with Crippen molar-refractivity contribution >= 4 is 33.7 Å². The Hall–Kier alpha value is -0.480. The van der Waals surface area contributed by atoms with Gasteiger partial charge in [-0.3, -0.25) is 4.79 Å². The van der Waals surface area contributed by atoms with Gasteiger partial charge in [-0.05, 0) is 40.4 Å². The Bertz CT molecular complexity index is 325. The van der Waals surface area contributed by atoms with Gasteiger partial charge in [0.25, 0.3) is 0 Å². The van der Waals surface area contributed by atoms with Crippen LogP contribution in [0.5, 0.6) is 5.75 Å². The first kappa shape index (κ1) is 10.6. The number of rotatable bonds is 2. The molecule has 1 rings (SSSR count). The summed E-state index contributed by atoms with van der Waals surface area (Å²) in [6, 6.07) is 5.65. The van der Waals surface area contributed by atoms with Crippen LogP contribution in [0, 0.1) is 0 Å². The van der Waals surface area contributed by atoms with E-state index >= 15 is 0 Å². The van der Waals surface area contributed by atoms with Crippen LogP contribution in [0.25, 0.3) is 0 Å². The van der Waals surface area contributed by atoms with Crippen LogP contribution in [0.1, 0.15) is 6.92 Å². The highest BCUT2D eigenvalue weighted by molar-refractivity contribution is 9.10. The molecule has 0 fully saturated rings. The summed E-state index contributed by atoms with van der Waals surface area (Å²) in [7, 11) is 0. The van der Waals surface area contributed by atoms with Crippen molar-refractivity contribution in [3.8, 4) is 5.75 Å². The van der Waals surface area contributed by atoms with Gasteiger partial charge in [-0.2, -0.15) is 0 Å². The van der Waals surface area contributed by atoms with Gasteiger partial charge in [0.2, 0.25) is 0 Å². The molecule has 0 aromatic heterocycles. The van der Waals surface area contributed by atoms with Crippen LogP contribution in [0.4, 0.5) is 0 Å². The van der Waals surface area contributed by atoms with E-state index in [1.807, 2.05) is 24.5 Å². The summed E-state index contributed by atoms with van der Waals surface area (Å²) >= 11 is 4.91. The zero-order chi connectivity index (χ0) is 9.84. The van der Waals surface area contributed by atoms with Crippen LogP contribution in [0.3, 0.4) is 0 Å². The summed E-state index contributed by atoms with van der Waals surface area (Å²) in [6.07, 6.45) is 1.97. The molecule has 0 saturated heterocycles. The summed E-state index contributed by atoms with van der Waals surface area (Å²) in [6.45, 7) is 1.39. The first-order valence-corrected chi connectivity index (χ1v) is 5.67. The number of halogens is 1. The third-order valence-electron chi connectivity index (χ3n) is 1.39. The fraction of sp³-hybridized carbons (Fsp3) is 0.222. The molecule has 0 unspecified atom stereocenters. The molecule has 13 heavy (non-hydrogen) atoms. The number of carbonyl (C=O) groups excluding carboxylic acids is 1. The molecule has 0 aliphatic carbocycles. The molecule has 0 N–H and O–H groups in total. The number of hydrogen-bond donors (Lipinski definition) is 0. The summed E-state index contributed by atoms with van der Waals surface area (Å²) in [4.78, 5) is 11.8. The van der Waals surface area contributed by atoms with E-state index in [0.717, 1.165) is 9.37 Å². The largest absolute Gasteiger partial charge is 0.425 e. The van der Waals surface area contributed by atoms with Crippen LogP contribution < -0.4 is 4.74 Å². The van der Waals surface area contributed by atoms with Gasteiger partial charge in [-0.15, -0.1) is 11.8 Å². The molecule has 0 heterocycles. The Morgan fingerprint density at radius 2 is 2.23 bits per heavy atom. The first-order valence-electron chi connectivity index (χ1n) is 3.65. The standard InChI is InChI=1S/C9H9BrO2S/c1-6(11)12-9-5-7(13-2)3-4-8(9)10/h3-5H,1-2H3. The molecule has 70 valence electrons. The van der Waals surface area contributed by atoms with Gasteiger partial charge < -0.3 is 4.74 Å². The molecule has 0 aliphatic heterocycles. The molecular formula is C9H9BrO2S. The van der Waals surface area contributed by atoms with Crippen molar-refractivity contribution in [1.29, 1.82) is 0 Å². The Balaban J connectivity index is 2.96. The fourth-order valence-corrected chi connectivity index (χ4v) is 1.60. The van der Waals surface area contributed by atoms with Crippen molar-refractivity contribution in [3.63, 3.8) is 0 Å². The van der Waals surface area contributed by atoms with Gasteiger partial charge in [0.15, 0.2) is 0 Å². The van der Waals surface area contributed by atoms with Gasteiger partial charge in [0, 0.05) is 11.8 Å². The average molecular weight is 261 g/mol. The van der Waals surface area contributed by atoms with E-state index in [2.05, 4.69) is 15.9 Å². The van der Waals surface area contributed by atoms with Crippen molar-refractivity contribution in [1.82, 2.24) is 0 Å². The molecule has 0 spiro atoms. The predicted octanol–water partition coefficient (Wildman–Crippen LogP) is 3.10. The molecule has 0 amide bonds. The number of ether oxygens (including phenoxy) is 1. The molecule has 0 aliphatic rings. The molecular weight excluding hydrogens is 252 g/mol. The smallest absolute Gasteiger partial charge is 0.308 e. The first-order chi connectivity index (χ1) is 6.13. The summed E-state index contributed by atoms with van der Waals surface area (Å²) in [5, 5.41) is 0. The minimum atomic E-state index is -0.307. The zero-order valence-electron chi connectivity index (χ0n) is 7.33. The molecule has 0 bridgehead atoms. The lowest BCUT2D eigenvalue weighted by Gasteiger charge is -2.05. The molecule has 0 radical (unpaired) electrons. The molecule has 2 nitrogen and oxygen atoms in total. The van der Waals surface area contributed by atoms with Gasteiger partial charge >= 0.3 is 5.97 Å². The molecule has 4 heteroatoms. The number of benzene rings is 1. The van der Waals surface area contributed by atoms with Crippen LogP contribution in [0.15, 0.2) is 27.6 Å². The summed E-state index contributed by atoms with van der Waals surface area (Å²) in [5.74, 6) is 0.262.